The first-order chi connectivity index (χ1) is 11.0. The molecule has 1 saturated heterocycles. The number of rotatable bonds is 4. The van der Waals surface area contributed by atoms with E-state index >= 15 is 0 Å². The van der Waals surface area contributed by atoms with Gasteiger partial charge >= 0.3 is 0 Å². The first-order valence-corrected chi connectivity index (χ1v) is 7.82. The van der Waals surface area contributed by atoms with Crippen molar-refractivity contribution >= 4 is 5.78 Å². The molecule has 1 aromatic carbocycles. The molecule has 23 heavy (non-hydrogen) atoms. The number of nitrogens with zero attached hydrogens (tertiary/aromatic N) is 1. The second-order valence-electron chi connectivity index (χ2n) is 6.06. The largest absolute Gasteiger partial charge is 0.371 e. The molecular weight excluding hydrogens is 295 g/mol. The van der Waals surface area contributed by atoms with Gasteiger partial charge in [-0.05, 0) is 37.6 Å². The van der Waals surface area contributed by atoms with Crippen molar-refractivity contribution in [3.05, 3.63) is 58.7 Å². The van der Waals surface area contributed by atoms with Gasteiger partial charge in [0.05, 0.1) is 19.3 Å². The van der Waals surface area contributed by atoms with Crippen LogP contribution in [0.4, 0.5) is 4.39 Å². The van der Waals surface area contributed by atoms with Gasteiger partial charge in [0.1, 0.15) is 5.82 Å². The van der Waals surface area contributed by atoms with Gasteiger partial charge in [0.2, 0.25) is 0 Å². The lowest BCUT2D eigenvalue weighted by Crippen LogP contribution is -2.41. The van der Waals surface area contributed by atoms with Crippen LogP contribution in [0.2, 0.25) is 0 Å². The summed E-state index contributed by atoms with van der Waals surface area (Å²) in [4.78, 5) is 17.7. The molecule has 2 aromatic rings. The number of aromatic amines is 1. The molecule has 5 heteroatoms. The van der Waals surface area contributed by atoms with Crippen LogP contribution in [0.25, 0.3) is 0 Å². The molecule has 0 radical (unpaired) electrons. The summed E-state index contributed by atoms with van der Waals surface area (Å²) in [7, 11) is 0. The van der Waals surface area contributed by atoms with Gasteiger partial charge < -0.3 is 9.72 Å². The van der Waals surface area contributed by atoms with E-state index in [0.29, 0.717) is 19.7 Å². The zero-order valence-corrected chi connectivity index (χ0v) is 13.4. The number of H-pyrrole nitrogens is 1. The van der Waals surface area contributed by atoms with Crippen LogP contribution in [0.5, 0.6) is 0 Å². The number of morpholine rings is 1. The van der Waals surface area contributed by atoms with Crippen LogP contribution in [-0.2, 0) is 4.74 Å². The first-order valence-electron chi connectivity index (χ1n) is 7.82. The lowest BCUT2D eigenvalue weighted by molar-refractivity contribution is -0.0275. The highest BCUT2D eigenvalue weighted by Crippen LogP contribution is 2.23. The number of hydrogen-bond donors (Lipinski definition) is 1. The quantitative estimate of drug-likeness (QED) is 0.882. The number of benzene rings is 1. The summed E-state index contributed by atoms with van der Waals surface area (Å²) in [5, 5.41) is 0. The second-order valence-corrected chi connectivity index (χ2v) is 6.06. The molecule has 1 aromatic heterocycles. The third kappa shape index (κ3) is 3.68. The van der Waals surface area contributed by atoms with Crippen LogP contribution in [-0.4, -0.2) is 41.9 Å². The topological polar surface area (TPSA) is 45.3 Å². The number of carbonyl (C=O) groups is 1. The Kier molecular flexibility index (Phi) is 4.59. The Morgan fingerprint density at radius 2 is 2.09 bits per heavy atom. The summed E-state index contributed by atoms with van der Waals surface area (Å²) >= 11 is 0. The van der Waals surface area contributed by atoms with Crippen molar-refractivity contribution in [3.8, 4) is 0 Å². The van der Waals surface area contributed by atoms with Crippen molar-refractivity contribution in [2.24, 2.45) is 0 Å². The fraction of sp³-hybridized carbons (Fsp3) is 0.389. The van der Waals surface area contributed by atoms with E-state index in [1.54, 1.807) is 12.1 Å². The number of ether oxygens (including phenoxy) is 1. The molecule has 0 unspecified atom stereocenters. The van der Waals surface area contributed by atoms with E-state index < -0.39 is 0 Å². The third-order valence-corrected chi connectivity index (χ3v) is 4.21. The van der Waals surface area contributed by atoms with Gasteiger partial charge in [0, 0.05) is 30.0 Å². The van der Waals surface area contributed by atoms with Crippen LogP contribution >= 0.6 is 0 Å². The molecule has 0 amide bonds. The minimum atomic E-state index is -0.255. The second kappa shape index (κ2) is 6.64. The van der Waals surface area contributed by atoms with E-state index in [4.69, 9.17) is 4.74 Å². The minimum Gasteiger partial charge on any atom is -0.371 e. The van der Waals surface area contributed by atoms with Crippen molar-refractivity contribution in [1.82, 2.24) is 9.88 Å². The normalized spacial score (nSPS) is 19.0. The van der Waals surface area contributed by atoms with Gasteiger partial charge in [0.25, 0.3) is 0 Å². The summed E-state index contributed by atoms with van der Waals surface area (Å²) in [6.07, 6.45) is -0.119. The van der Waals surface area contributed by atoms with E-state index in [1.807, 2.05) is 19.9 Å². The standard InChI is InChI=1S/C18H21FN2O2/c1-12-9-16(13(2)20-12)17(22)10-21-7-8-23-18(11-21)14-3-5-15(19)6-4-14/h3-6,9,18,20H,7-8,10-11H2,1-2H3/t18-/m1/s1. The highest BCUT2D eigenvalue weighted by atomic mass is 19.1. The molecule has 3 rings (SSSR count). The summed E-state index contributed by atoms with van der Waals surface area (Å²) in [6.45, 7) is 6.18. The molecule has 2 heterocycles. The molecule has 1 fully saturated rings. The van der Waals surface area contributed by atoms with Gasteiger partial charge in [-0.25, -0.2) is 4.39 Å². The third-order valence-electron chi connectivity index (χ3n) is 4.21. The lowest BCUT2D eigenvalue weighted by Gasteiger charge is -2.32. The number of carbonyl (C=O) groups excluding carboxylic acids is 1. The van der Waals surface area contributed by atoms with E-state index in [1.165, 1.54) is 12.1 Å². The molecule has 0 saturated carbocycles. The van der Waals surface area contributed by atoms with E-state index in [-0.39, 0.29) is 17.7 Å². The fourth-order valence-electron chi connectivity index (χ4n) is 3.03. The SMILES string of the molecule is Cc1cc(C(=O)CN2CCO[C@@H](c3ccc(F)cc3)C2)c(C)[nH]1. The number of ketones is 1. The van der Waals surface area contributed by atoms with Gasteiger partial charge in [-0.15, -0.1) is 0 Å². The number of aryl methyl sites for hydroxylation is 2. The van der Waals surface area contributed by atoms with E-state index in [0.717, 1.165) is 29.1 Å². The summed E-state index contributed by atoms with van der Waals surface area (Å²) in [5.41, 5.74) is 3.61. The number of Topliss-reactive ketones (excluding diaryl/α,β-unsaturated/α-hetero) is 1. The Hall–Kier alpha value is -1.98. The number of halogens is 1. The Bertz CT molecular complexity index is 694. The minimum absolute atomic E-state index is 0.117. The molecule has 0 spiro atoms. The van der Waals surface area contributed by atoms with Crippen molar-refractivity contribution in [2.45, 2.75) is 20.0 Å². The molecule has 0 aliphatic carbocycles. The predicted octanol–water partition coefficient (Wildman–Crippen LogP) is 3.03. The van der Waals surface area contributed by atoms with E-state index in [9.17, 15) is 9.18 Å². The van der Waals surface area contributed by atoms with Crippen molar-refractivity contribution in [3.63, 3.8) is 0 Å². The van der Waals surface area contributed by atoms with Crippen LogP contribution in [0, 0.1) is 19.7 Å². The molecule has 1 atom stereocenters. The first kappa shape index (κ1) is 15.9. The highest BCUT2D eigenvalue weighted by Gasteiger charge is 2.24. The number of hydrogen-bond acceptors (Lipinski definition) is 3. The zero-order valence-electron chi connectivity index (χ0n) is 13.4. The summed E-state index contributed by atoms with van der Waals surface area (Å²) in [6, 6.07) is 8.26. The van der Waals surface area contributed by atoms with E-state index in [2.05, 4.69) is 9.88 Å². The Morgan fingerprint density at radius 3 is 2.74 bits per heavy atom. The Balaban J connectivity index is 1.65. The summed E-state index contributed by atoms with van der Waals surface area (Å²) < 4.78 is 18.8. The average molecular weight is 316 g/mol. The van der Waals surface area contributed by atoms with Crippen molar-refractivity contribution in [1.29, 1.82) is 0 Å². The summed E-state index contributed by atoms with van der Waals surface area (Å²) in [5.74, 6) is -0.137. The highest BCUT2D eigenvalue weighted by molar-refractivity contribution is 5.98. The molecule has 1 N–H and O–H groups in total. The Labute approximate surface area is 135 Å². The van der Waals surface area contributed by atoms with Gasteiger partial charge in [-0.2, -0.15) is 0 Å². The van der Waals surface area contributed by atoms with Crippen LogP contribution < -0.4 is 0 Å². The zero-order chi connectivity index (χ0) is 16.4. The molecular formula is C18H21FN2O2. The van der Waals surface area contributed by atoms with Gasteiger partial charge in [-0.3, -0.25) is 9.69 Å². The monoisotopic (exact) mass is 316 g/mol. The van der Waals surface area contributed by atoms with Crippen molar-refractivity contribution in [2.75, 3.05) is 26.2 Å². The predicted molar refractivity (Wildman–Crippen MR) is 86.1 cm³/mol. The molecule has 0 bridgehead atoms. The lowest BCUT2D eigenvalue weighted by atomic mass is 10.1. The van der Waals surface area contributed by atoms with Crippen LogP contribution in [0.1, 0.15) is 33.4 Å². The number of aromatic nitrogens is 1. The fourth-order valence-corrected chi connectivity index (χ4v) is 3.03. The van der Waals surface area contributed by atoms with Crippen LogP contribution in [0.15, 0.2) is 30.3 Å². The molecule has 4 nitrogen and oxygen atoms in total. The average Bonchev–Trinajstić information content (AvgIpc) is 2.87. The maximum Gasteiger partial charge on any atom is 0.178 e. The van der Waals surface area contributed by atoms with Crippen molar-refractivity contribution < 1.29 is 13.9 Å². The molecule has 1 aliphatic rings. The Morgan fingerprint density at radius 1 is 1.35 bits per heavy atom. The van der Waals surface area contributed by atoms with Crippen LogP contribution in [0.3, 0.4) is 0 Å². The molecule has 122 valence electrons. The van der Waals surface area contributed by atoms with Gasteiger partial charge in [0.15, 0.2) is 5.78 Å². The smallest absolute Gasteiger partial charge is 0.178 e. The molecule has 1 aliphatic heterocycles. The maximum absolute atomic E-state index is 13.0. The van der Waals surface area contributed by atoms with Gasteiger partial charge in [-0.1, -0.05) is 12.1 Å². The number of nitrogens with one attached hydrogen (secondary N) is 1. The maximum atomic E-state index is 13.0.